The minimum atomic E-state index is -0.116. The van der Waals surface area contributed by atoms with Crippen LogP contribution in [-0.2, 0) is 9.59 Å². The van der Waals surface area contributed by atoms with Gasteiger partial charge < -0.3 is 10.6 Å². The molecule has 3 rings (SSSR count). The number of Topliss-reactive ketones (excluding diaryl/α,β-unsaturated/α-hetero) is 1. The standard InChI is InChI=1S/C22H23ClN2O3/c1-14(26)15-10-12-18(13-11-15)24-21(27)16-6-8-17(9-7-16)22(28)25-20-5-3-2-4-19(20)23/h2-5,10-13,16-17H,6-9H2,1H3,(H,24,27)(H,25,28). The molecule has 1 saturated carbocycles. The Bertz CT molecular complexity index is 872. The molecule has 5 nitrogen and oxygen atoms in total. The molecule has 28 heavy (non-hydrogen) atoms. The van der Waals surface area contributed by atoms with Crippen molar-refractivity contribution in [2.24, 2.45) is 11.8 Å². The fourth-order valence-electron chi connectivity index (χ4n) is 3.45. The first kappa shape index (κ1) is 20.1. The summed E-state index contributed by atoms with van der Waals surface area (Å²) in [6.45, 7) is 1.51. The highest BCUT2D eigenvalue weighted by molar-refractivity contribution is 6.33. The van der Waals surface area contributed by atoms with Crippen molar-refractivity contribution in [3.05, 3.63) is 59.1 Å². The predicted molar refractivity (Wildman–Crippen MR) is 111 cm³/mol. The molecule has 2 aromatic rings. The lowest BCUT2D eigenvalue weighted by molar-refractivity contribution is -0.125. The van der Waals surface area contributed by atoms with Crippen LogP contribution < -0.4 is 10.6 Å². The summed E-state index contributed by atoms with van der Waals surface area (Å²) >= 11 is 6.09. The molecule has 0 bridgehead atoms. The van der Waals surface area contributed by atoms with Crippen molar-refractivity contribution in [3.63, 3.8) is 0 Å². The molecular formula is C22H23ClN2O3. The van der Waals surface area contributed by atoms with E-state index in [1.165, 1.54) is 6.92 Å². The second-order valence-corrected chi connectivity index (χ2v) is 7.55. The highest BCUT2D eigenvalue weighted by atomic mass is 35.5. The Morgan fingerprint density at radius 3 is 1.89 bits per heavy atom. The summed E-state index contributed by atoms with van der Waals surface area (Å²) in [5, 5.41) is 6.29. The average Bonchev–Trinajstić information content (AvgIpc) is 2.70. The molecule has 0 heterocycles. The smallest absolute Gasteiger partial charge is 0.227 e. The van der Waals surface area contributed by atoms with Crippen molar-refractivity contribution in [1.29, 1.82) is 0 Å². The Hall–Kier alpha value is -2.66. The van der Waals surface area contributed by atoms with E-state index in [2.05, 4.69) is 10.6 Å². The third-order valence-electron chi connectivity index (χ3n) is 5.16. The van der Waals surface area contributed by atoms with Crippen LogP contribution in [0.4, 0.5) is 11.4 Å². The molecule has 0 aromatic heterocycles. The van der Waals surface area contributed by atoms with E-state index >= 15 is 0 Å². The number of hydrogen-bond acceptors (Lipinski definition) is 3. The van der Waals surface area contributed by atoms with Gasteiger partial charge in [-0.05, 0) is 69.0 Å². The van der Waals surface area contributed by atoms with Crippen LogP contribution in [0.25, 0.3) is 0 Å². The van der Waals surface area contributed by atoms with Crippen molar-refractivity contribution in [2.75, 3.05) is 10.6 Å². The Balaban J connectivity index is 1.50. The van der Waals surface area contributed by atoms with Gasteiger partial charge in [-0.3, -0.25) is 14.4 Å². The molecule has 0 aliphatic heterocycles. The molecule has 1 fully saturated rings. The van der Waals surface area contributed by atoms with Gasteiger partial charge >= 0.3 is 0 Å². The van der Waals surface area contributed by atoms with Crippen LogP contribution >= 0.6 is 11.6 Å². The van der Waals surface area contributed by atoms with E-state index < -0.39 is 0 Å². The van der Waals surface area contributed by atoms with E-state index in [0.29, 0.717) is 47.6 Å². The van der Waals surface area contributed by atoms with Crippen LogP contribution in [0.1, 0.15) is 43.0 Å². The Morgan fingerprint density at radius 1 is 0.821 bits per heavy atom. The highest BCUT2D eigenvalue weighted by Gasteiger charge is 2.30. The molecule has 1 aliphatic rings. The predicted octanol–water partition coefficient (Wildman–Crippen LogP) is 4.93. The van der Waals surface area contributed by atoms with E-state index in [1.54, 1.807) is 36.4 Å². The summed E-state index contributed by atoms with van der Waals surface area (Å²) in [5.41, 5.74) is 1.90. The minimum Gasteiger partial charge on any atom is -0.326 e. The molecule has 0 atom stereocenters. The Morgan fingerprint density at radius 2 is 1.36 bits per heavy atom. The van der Waals surface area contributed by atoms with Crippen LogP contribution in [0.2, 0.25) is 5.02 Å². The average molecular weight is 399 g/mol. The zero-order valence-corrected chi connectivity index (χ0v) is 16.5. The number of para-hydroxylation sites is 1. The van der Waals surface area contributed by atoms with Gasteiger partial charge in [0.2, 0.25) is 11.8 Å². The lowest BCUT2D eigenvalue weighted by Gasteiger charge is -2.27. The van der Waals surface area contributed by atoms with E-state index in [9.17, 15) is 14.4 Å². The van der Waals surface area contributed by atoms with Gasteiger partial charge in [0.1, 0.15) is 0 Å². The van der Waals surface area contributed by atoms with Crippen LogP contribution in [0.15, 0.2) is 48.5 Å². The lowest BCUT2D eigenvalue weighted by atomic mass is 9.81. The van der Waals surface area contributed by atoms with Crippen LogP contribution in [0, 0.1) is 11.8 Å². The topological polar surface area (TPSA) is 75.3 Å². The van der Waals surface area contributed by atoms with Gasteiger partial charge in [-0.1, -0.05) is 23.7 Å². The molecule has 2 amide bonds. The number of rotatable bonds is 5. The third-order valence-corrected chi connectivity index (χ3v) is 5.49. The molecule has 1 aliphatic carbocycles. The Labute approximate surface area is 169 Å². The van der Waals surface area contributed by atoms with Gasteiger partial charge in [-0.25, -0.2) is 0 Å². The second kappa shape index (κ2) is 9.02. The maximum atomic E-state index is 12.5. The van der Waals surface area contributed by atoms with Crippen LogP contribution in [0.5, 0.6) is 0 Å². The first-order valence-electron chi connectivity index (χ1n) is 9.41. The molecule has 0 unspecified atom stereocenters. The van der Waals surface area contributed by atoms with Gasteiger partial charge in [0.25, 0.3) is 0 Å². The molecule has 6 heteroatoms. The van der Waals surface area contributed by atoms with Gasteiger partial charge in [-0.2, -0.15) is 0 Å². The number of ketones is 1. The quantitative estimate of drug-likeness (QED) is 0.701. The summed E-state index contributed by atoms with van der Waals surface area (Å²) in [4.78, 5) is 36.3. The van der Waals surface area contributed by atoms with E-state index in [-0.39, 0.29) is 29.4 Å². The number of amides is 2. The van der Waals surface area contributed by atoms with Crippen LogP contribution in [0.3, 0.4) is 0 Å². The number of anilines is 2. The first-order valence-corrected chi connectivity index (χ1v) is 9.79. The SMILES string of the molecule is CC(=O)c1ccc(NC(=O)C2CCC(C(=O)Nc3ccccc3Cl)CC2)cc1. The zero-order valence-electron chi connectivity index (χ0n) is 15.7. The minimum absolute atomic E-state index is 0.00809. The molecule has 0 radical (unpaired) electrons. The van der Waals surface area contributed by atoms with Crippen molar-refractivity contribution in [2.45, 2.75) is 32.6 Å². The number of carbonyl (C=O) groups excluding carboxylic acids is 3. The summed E-state index contributed by atoms with van der Waals surface area (Å²) in [7, 11) is 0. The maximum Gasteiger partial charge on any atom is 0.227 e. The summed E-state index contributed by atoms with van der Waals surface area (Å²) in [5.74, 6) is -0.328. The fraction of sp³-hybridized carbons (Fsp3) is 0.318. The van der Waals surface area contributed by atoms with E-state index in [0.717, 1.165) is 0 Å². The van der Waals surface area contributed by atoms with Gasteiger partial charge in [0.05, 0.1) is 10.7 Å². The van der Waals surface area contributed by atoms with Gasteiger partial charge in [0, 0.05) is 23.1 Å². The van der Waals surface area contributed by atoms with Crippen LogP contribution in [-0.4, -0.2) is 17.6 Å². The molecule has 0 spiro atoms. The summed E-state index contributed by atoms with van der Waals surface area (Å²) in [6, 6.07) is 14.0. The number of carbonyl (C=O) groups is 3. The Kier molecular flexibility index (Phi) is 6.47. The molecule has 2 N–H and O–H groups in total. The van der Waals surface area contributed by atoms with Crippen molar-refractivity contribution >= 4 is 40.6 Å². The fourth-order valence-corrected chi connectivity index (χ4v) is 3.63. The molecule has 2 aromatic carbocycles. The number of nitrogens with one attached hydrogen (secondary N) is 2. The van der Waals surface area contributed by atoms with Crippen molar-refractivity contribution in [3.8, 4) is 0 Å². The van der Waals surface area contributed by atoms with Gasteiger partial charge in [-0.15, -0.1) is 0 Å². The summed E-state index contributed by atoms with van der Waals surface area (Å²) in [6.07, 6.45) is 2.66. The zero-order chi connectivity index (χ0) is 20.1. The molecule has 146 valence electrons. The second-order valence-electron chi connectivity index (χ2n) is 7.14. The summed E-state index contributed by atoms with van der Waals surface area (Å²) < 4.78 is 0. The van der Waals surface area contributed by atoms with Crippen molar-refractivity contribution < 1.29 is 14.4 Å². The highest BCUT2D eigenvalue weighted by Crippen LogP contribution is 2.31. The number of hydrogen-bond donors (Lipinski definition) is 2. The largest absolute Gasteiger partial charge is 0.326 e. The third kappa shape index (κ3) is 4.98. The normalized spacial score (nSPS) is 18.9. The molecule has 0 saturated heterocycles. The number of halogens is 1. The van der Waals surface area contributed by atoms with E-state index in [1.807, 2.05) is 12.1 Å². The van der Waals surface area contributed by atoms with Gasteiger partial charge in [0.15, 0.2) is 5.78 Å². The number of benzene rings is 2. The first-order chi connectivity index (χ1) is 13.4. The van der Waals surface area contributed by atoms with E-state index in [4.69, 9.17) is 11.6 Å². The lowest BCUT2D eigenvalue weighted by Crippen LogP contribution is -2.32. The maximum absolute atomic E-state index is 12.5. The van der Waals surface area contributed by atoms with Crippen molar-refractivity contribution in [1.82, 2.24) is 0 Å². The molecular weight excluding hydrogens is 376 g/mol. The monoisotopic (exact) mass is 398 g/mol.